The third-order valence-electron chi connectivity index (χ3n) is 20.1. The predicted molar refractivity (Wildman–Crippen MR) is 393 cm³/mol. The number of carbonyl (C=O) groups is 3. The van der Waals surface area contributed by atoms with Crippen molar-refractivity contribution in [3.8, 4) is 0 Å². The van der Waals surface area contributed by atoms with Crippen molar-refractivity contribution in [1.29, 1.82) is 0 Å². The molecule has 0 spiro atoms. The average Bonchev–Trinajstić information content (AvgIpc) is 0.761. The lowest BCUT2D eigenvalue weighted by molar-refractivity contribution is -0.360. The summed E-state index contributed by atoms with van der Waals surface area (Å²) in [6, 6.07) is 0. The Morgan fingerprint density at radius 3 is 1.13 bits per heavy atom. The van der Waals surface area contributed by atoms with Crippen molar-refractivity contribution < 1.29 is 117 Å². The molecule has 25 heteroatoms. The lowest BCUT2D eigenvalue weighted by Gasteiger charge is -2.49. The summed E-state index contributed by atoms with van der Waals surface area (Å²) < 4.78 is 65.0. The highest BCUT2D eigenvalue weighted by atomic mass is 31.2. The van der Waals surface area contributed by atoms with E-state index in [1.807, 2.05) is 6.08 Å². The quantitative estimate of drug-likeness (QED) is 0.00673. The zero-order chi connectivity index (χ0) is 75.3. The molecular formula is C78H143O24P. The van der Waals surface area contributed by atoms with Crippen LogP contribution >= 0.6 is 7.82 Å². The summed E-state index contributed by atoms with van der Waals surface area (Å²) in [7, 11) is -5.72. The second-order valence-corrected chi connectivity index (χ2v) is 30.6. The number of esters is 3. The number of ether oxygens (including phenoxy) is 7. The Balaban J connectivity index is 1.71. The molecule has 0 aromatic rings. The Morgan fingerprint density at radius 1 is 0.398 bits per heavy atom. The van der Waals surface area contributed by atoms with Crippen molar-refractivity contribution in [1.82, 2.24) is 0 Å². The van der Waals surface area contributed by atoms with E-state index in [0.29, 0.717) is 12.8 Å². The van der Waals surface area contributed by atoms with Gasteiger partial charge in [-0.15, -0.1) is 0 Å². The maximum absolute atomic E-state index is 14.4. The van der Waals surface area contributed by atoms with E-state index >= 15 is 0 Å². The number of aliphatic hydroxyl groups excluding tert-OH is 10. The van der Waals surface area contributed by atoms with Crippen molar-refractivity contribution in [2.75, 3.05) is 26.4 Å². The minimum absolute atomic E-state index is 0.0291. The highest BCUT2D eigenvalue weighted by Crippen LogP contribution is 2.49. The molecule has 3 rings (SSSR count). The van der Waals surface area contributed by atoms with E-state index in [0.717, 1.165) is 96.0 Å². The fourth-order valence-electron chi connectivity index (χ4n) is 13.5. The minimum atomic E-state index is -5.72. The summed E-state index contributed by atoms with van der Waals surface area (Å²) in [5.74, 6) is -2.23. The topological polar surface area (TPSA) is 374 Å². The molecule has 11 N–H and O–H groups in total. The highest BCUT2D eigenvalue weighted by molar-refractivity contribution is 7.47. The van der Waals surface area contributed by atoms with Crippen molar-refractivity contribution in [3.63, 3.8) is 0 Å². The molecule has 0 bridgehead atoms. The molecule has 1 aliphatic carbocycles. The minimum Gasteiger partial charge on any atom is -0.463 e. The van der Waals surface area contributed by atoms with Gasteiger partial charge in [0.1, 0.15) is 98.7 Å². The van der Waals surface area contributed by atoms with Crippen LogP contribution in [0.1, 0.15) is 323 Å². The lowest BCUT2D eigenvalue weighted by Crippen LogP contribution is -2.69. The predicted octanol–water partition coefficient (Wildman–Crippen LogP) is 12.5. The molecular weight excluding hydrogens is 1350 g/mol. The Kier molecular flexibility index (Phi) is 54.5. The summed E-state index contributed by atoms with van der Waals surface area (Å²) in [5.41, 5.74) is 0. The molecule has 0 amide bonds. The van der Waals surface area contributed by atoms with Gasteiger partial charge in [0.15, 0.2) is 18.7 Å². The van der Waals surface area contributed by atoms with Crippen LogP contribution < -0.4 is 0 Å². The third kappa shape index (κ3) is 41.7. The monoisotopic (exact) mass is 1490 g/mol. The van der Waals surface area contributed by atoms with Gasteiger partial charge >= 0.3 is 25.7 Å². The summed E-state index contributed by atoms with van der Waals surface area (Å²) >= 11 is 0. The summed E-state index contributed by atoms with van der Waals surface area (Å²) in [5, 5.41) is 110. The molecule has 18 unspecified atom stereocenters. The van der Waals surface area contributed by atoms with E-state index in [4.69, 9.17) is 42.2 Å². The van der Waals surface area contributed by atoms with Gasteiger partial charge in [-0.3, -0.25) is 18.6 Å². The first-order chi connectivity index (χ1) is 49.8. The van der Waals surface area contributed by atoms with Crippen molar-refractivity contribution in [2.24, 2.45) is 0 Å². The zero-order valence-corrected chi connectivity index (χ0v) is 64.3. The molecule has 3 fully saturated rings. The van der Waals surface area contributed by atoms with Gasteiger partial charge in [-0.05, 0) is 25.7 Å². The van der Waals surface area contributed by atoms with Crippen LogP contribution in [0.3, 0.4) is 0 Å². The van der Waals surface area contributed by atoms with Crippen LogP contribution in [0.2, 0.25) is 0 Å². The Labute approximate surface area is 617 Å². The number of hydrogen-bond donors (Lipinski definition) is 11. The largest absolute Gasteiger partial charge is 0.472 e. The number of phosphoric ester groups is 1. The van der Waals surface area contributed by atoms with Gasteiger partial charge in [-0.1, -0.05) is 302 Å². The van der Waals surface area contributed by atoms with Gasteiger partial charge in [-0.25, -0.2) is 9.36 Å². The third-order valence-corrected chi connectivity index (χ3v) is 21.1. The molecule has 24 nitrogen and oxygen atoms in total. The van der Waals surface area contributed by atoms with Crippen molar-refractivity contribution >= 4 is 25.7 Å². The molecule has 18 atom stereocenters. The van der Waals surface area contributed by atoms with Crippen LogP contribution in [0, 0.1) is 0 Å². The van der Waals surface area contributed by atoms with E-state index in [9.17, 15) is 74.9 Å². The first kappa shape index (κ1) is 94.6. The number of unbranched alkanes of at least 4 members (excludes halogenated alkanes) is 42. The first-order valence-corrected chi connectivity index (χ1v) is 42.2. The zero-order valence-electron chi connectivity index (χ0n) is 63.4. The fourth-order valence-corrected chi connectivity index (χ4v) is 14.5. The van der Waals surface area contributed by atoms with Crippen LogP contribution in [-0.2, 0) is 61.2 Å². The highest BCUT2D eigenvalue weighted by Gasteiger charge is 2.58. The van der Waals surface area contributed by atoms with Crippen LogP contribution in [0.15, 0.2) is 24.3 Å². The standard InChI is InChI=1S/C78H143O24P/c1-4-7-10-13-16-19-22-25-28-30-33-35-38-41-44-47-50-53-63(81)95-58-61-66(84)68(86)73(91)78(99-61)101-75-71(89)69(87)70(88)74(100-77-72(90)67(85)65(83)60(55-79)98-77)76(75)102-103(92,93)96-57-59(97-64(82)54-51-48-45-42-39-36-31-27-24-21-18-15-12-9-6-3)56-94-62(80)52-49-46-43-40-37-34-32-29-26-23-20-17-14-11-8-5-2/h45,48,51,54,59-61,65-79,83-91H,4-44,46-47,49-50,52-53,55-58H2,1-3H3,(H,92,93)/b48-45+,54-51+. The van der Waals surface area contributed by atoms with E-state index in [-0.39, 0.29) is 12.8 Å². The van der Waals surface area contributed by atoms with Gasteiger partial charge < -0.3 is 89.1 Å². The van der Waals surface area contributed by atoms with Gasteiger partial charge in [0.05, 0.1) is 13.2 Å². The molecule has 103 heavy (non-hydrogen) atoms. The van der Waals surface area contributed by atoms with Crippen molar-refractivity contribution in [2.45, 2.75) is 427 Å². The Hall–Kier alpha value is -2.56. The molecule has 2 saturated heterocycles. The molecule has 2 heterocycles. The van der Waals surface area contributed by atoms with Gasteiger partial charge in [0.25, 0.3) is 0 Å². The van der Waals surface area contributed by atoms with E-state index < -0.39 is 156 Å². The Bertz CT molecular complexity index is 2210. The molecule has 0 radical (unpaired) electrons. The summed E-state index contributed by atoms with van der Waals surface area (Å²) in [6.07, 6.45) is 22.8. The number of aliphatic hydroxyl groups is 10. The number of allylic oxidation sites excluding steroid dienone is 3. The first-order valence-electron chi connectivity index (χ1n) is 40.7. The normalized spacial score (nSPS) is 27.0. The van der Waals surface area contributed by atoms with E-state index in [1.54, 1.807) is 6.08 Å². The maximum Gasteiger partial charge on any atom is 0.472 e. The average molecular weight is 1500 g/mol. The second kappa shape index (κ2) is 59.3. The molecule has 2 aliphatic heterocycles. The molecule has 0 aromatic heterocycles. The SMILES string of the molecule is CCCCCCCCCCCCC/C=C/C=C/C(=O)OC(COC(=O)CCCCCCCCCCCCCCCCCC)COP(=O)(O)OC1C(OC2OC(CO)C(O)C(O)C2O)C(O)C(O)C(O)C1OC1OC(COC(=O)CCCCCCCCCCCCCCCCCCC)C(O)C(O)C1O. The van der Waals surface area contributed by atoms with E-state index in [2.05, 4.69) is 20.8 Å². The van der Waals surface area contributed by atoms with Gasteiger partial charge in [-0.2, -0.15) is 0 Å². The van der Waals surface area contributed by atoms with Crippen LogP contribution in [-0.4, -0.2) is 204 Å². The van der Waals surface area contributed by atoms with Crippen LogP contribution in [0.25, 0.3) is 0 Å². The Morgan fingerprint density at radius 2 is 0.738 bits per heavy atom. The summed E-state index contributed by atoms with van der Waals surface area (Å²) in [6.45, 7) is 3.39. The van der Waals surface area contributed by atoms with Crippen LogP contribution in [0.4, 0.5) is 0 Å². The van der Waals surface area contributed by atoms with Crippen LogP contribution in [0.5, 0.6) is 0 Å². The van der Waals surface area contributed by atoms with Crippen molar-refractivity contribution in [3.05, 3.63) is 24.3 Å². The summed E-state index contributed by atoms with van der Waals surface area (Å²) in [4.78, 5) is 51.0. The number of carbonyl (C=O) groups excluding carboxylic acids is 3. The number of phosphoric acid groups is 1. The number of hydrogen-bond acceptors (Lipinski definition) is 23. The second-order valence-electron chi connectivity index (χ2n) is 29.2. The lowest BCUT2D eigenvalue weighted by atomic mass is 9.84. The fraction of sp³-hybridized carbons (Fsp3) is 0.910. The molecule has 604 valence electrons. The maximum atomic E-state index is 14.4. The van der Waals surface area contributed by atoms with Gasteiger partial charge in [0.2, 0.25) is 0 Å². The van der Waals surface area contributed by atoms with Gasteiger partial charge in [0, 0.05) is 18.9 Å². The number of rotatable bonds is 64. The van der Waals surface area contributed by atoms with E-state index in [1.165, 1.54) is 192 Å². The smallest absolute Gasteiger partial charge is 0.463 e. The molecule has 0 aromatic carbocycles. The molecule has 3 aliphatic rings. The molecule has 1 saturated carbocycles.